The van der Waals surface area contributed by atoms with Crippen LogP contribution in [0.1, 0.15) is 12.6 Å². The first-order valence-electron chi connectivity index (χ1n) is 5.42. The summed E-state index contributed by atoms with van der Waals surface area (Å²) in [4.78, 5) is 2.21. The minimum atomic E-state index is -3.08. The van der Waals surface area contributed by atoms with Crippen molar-refractivity contribution in [3.05, 3.63) is 11.1 Å². The maximum absolute atomic E-state index is 11.5. The SMILES string of the molecule is C[C@H]1CN(Cc2csnn2)CCN1S(C)(=O)=O. The Labute approximate surface area is 105 Å². The van der Waals surface area contributed by atoms with Gasteiger partial charge in [0.15, 0.2) is 0 Å². The second kappa shape index (κ2) is 4.97. The fourth-order valence-corrected chi connectivity index (χ4v) is 3.71. The fraction of sp³-hybridized carbons (Fsp3) is 0.778. The van der Waals surface area contributed by atoms with Gasteiger partial charge < -0.3 is 0 Å². The molecule has 0 N–H and O–H groups in total. The number of sulfonamides is 1. The first-order chi connectivity index (χ1) is 7.97. The van der Waals surface area contributed by atoms with Crippen LogP contribution in [0.2, 0.25) is 0 Å². The lowest BCUT2D eigenvalue weighted by molar-refractivity contribution is 0.137. The molecule has 0 amide bonds. The van der Waals surface area contributed by atoms with Gasteiger partial charge in [-0.2, -0.15) is 4.31 Å². The van der Waals surface area contributed by atoms with E-state index in [1.807, 2.05) is 12.3 Å². The second-order valence-corrected chi connectivity index (χ2v) is 6.90. The molecule has 8 heteroatoms. The topological polar surface area (TPSA) is 66.4 Å². The number of hydrogen-bond acceptors (Lipinski definition) is 6. The molecule has 1 atom stereocenters. The highest BCUT2D eigenvalue weighted by Crippen LogP contribution is 2.15. The summed E-state index contributed by atoms with van der Waals surface area (Å²) in [5.74, 6) is 0. The van der Waals surface area contributed by atoms with E-state index in [-0.39, 0.29) is 6.04 Å². The van der Waals surface area contributed by atoms with Gasteiger partial charge in [-0.1, -0.05) is 4.49 Å². The van der Waals surface area contributed by atoms with E-state index in [2.05, 4.69) is 14.5 Å². The standard InChI is InChI=1S/C9H16N4O2S2/c1-8-5-12(6-9-7-16-11-10-9)3-4-13(8)17(2,14)15/h7-8H,3-6H2,1-2H3/t8-/m0/s1. The molecular formula is C9H16N4O2S2. The Kier molecular flexibility index (Phi) is 3.76. The van der Waals surface area contributed by atoms with Crippen LogP contribution < -0.4 is 0 Å². The van der Waals surface area contributed by atoms with E-state index in [0.717, 1.165) is 25.3 Å². The second-order valence-electron chi connectivity index (χ2n) is 4.35. The molecule has 0 bridgehead atoms. The number of hydrogen-bond donors (Lipinski definition) is 0. The summed E-state index contributed by atoms with van der Waals surface area (Å²) in [5, 5.41) is 5.92. The van der Waals surface area contributed by atoms with E-state index >= 15 is 0 Å². The Bertz CT molecular complexity index is 459. The van der Waals surface area contributed by atoms with Gasteiger partial charge in [0.2, 0.25) is 10.0 Å². The Morgan fingerprint density at radius 3 is 2.82 bits per heavy atom. The van der Waals surface area contributed by atoms with E-state index in [1.165, 1.54) is 17.8 Å². The molecule has 0 aliphatic carbocycles. The monoisotopic (exact) mass is 276 g/mol. The molecule has 17 heavy (non-hydrogen) atoms. The van der Waals surface area contributed by atoms with Crippen molar-refractivity contribution in [1.29, 1.82) is 0 Å². The van der Waals surface area contributed by atoms with Crippen LogP contribution in [-0.4, -0.2) is 59.1 Å². The minimum Gasteiger partial charge on any atom is -0.295 e. The lowest BCUT2D eigenvalue weighted by atomic mass is 10.2. The van der Waals surface area contributed by atoms with Crippen LogP contribution in [0.3, 0.4) is 0 Å². The van der Waals surface area contributed by atoms with E-state index in [0.29, 0.717) is 6.54 Å². The zero-order valence-corrected chi connectivity index (χ0v) is 11.5. The Balaban J connectivity index is 1.96. The Morgan fingerprint density at radius 1 is 1.53 bits per heavy atom. The van der Waals surface area contributed by atoms with Crippen LogP contribution in [0.4, 0.5) is 0 Å². The third-order valence-electron chi connectivity index (χ3n) is 2.87. The molecule has 2 rings (SSSR count). The maximum atomic E-state index is 11.5. The van der Waals surface area contributed by atoms with Crippen molar-refractivity contribution in [2.75, 3.05) is 25.9 Å². The number of rotatable bonds is 3. The van der Waals surface area contributed by atoms with E-state index < -0.39 is 10.0 Å². The quantitative estimate of drug-likeness (QED) is 0.777. The molecule has 6 nitrogen and oxygen atoms in total. The molecule has 1 saturated heterocycles. The molecule has 1 fully saturated rings. The third-order valence-corrected chi connectivity index (χ3v) is 4.82. The predicted molar refractivity (Wildman–Crippen MR) is 66.2 cm³/mol. The molecule has 0 aromatic carbocycles. The fourth-order valence-electron chi connectivity index (χ4n) is 2.13. The first kappa shape index (κ1) is 12.9. The average Bonchev–Trinajstić information content (AvgIpc) is 2.68. The molecule has 1 aliphatic rings. The average molecular weight is 276 g/mol. The van der Waals surface area contributed by atoms with Crippen LogP contribution in [0.25, 0.3) is 0 Å². The highest BCUT2D eigenvalue weighted by molar-refractivity contribution is 7.88. The predicted octanol–water partition coefficient (Wildman–Crippen LogP) is 0.00380. The van der Waals surface area contributed by atoms with Gasteiger partial charge in [-0.25, -0.2) is 8.42 Å². The van der Waals surface area contributed by atoms with E-state index in [4.69, 9.17) is 0 Å². The zero-order chi connectivity index (χ0) is 12.5. The lowest BCUT2D eigenvalue weighted by Crippen LogP contribution is -2.53. The van der Waals surface area contributed by atoms with Gasteiger partial charge >= 0.3 is 0 Å². The molecule has 1 aromatic heterocycles. The summed E-state index contributed by atoms with van der Waals surface area (Å²) < 4.78 is 28.4. The Morgan fingerprint density at radius 2 is 2.29 bits per heavy atom. The summed E-state index contributed by atoms with van der Waals surface area (Å²) in [6.07, 6.45) is 1.27. The highest BCUT2D eigenvalue weighted by atomic mass is 32.2. The number of piperazine rings is 1. The van der Waals surface area contributed by atoms with Crippen LogP contribution in [-0.2, 0) is 16.6 Å². The van der Waals surface area contributed by atoms with Crippen molar-refractivity contribution in [3.63, 3.8) is 0 Å². The van der Waals surface area contributed by atoms with Crippen LogP contribution in [0, 0.1) is 0 Å². The molecule has 0 saturated carbocycles. The molecule has 1 aliphatic heterocycles. The van der Waals surface area contributed by atoms with Gasteiger partial charge in [-0.3, -0.25) is 4.90 Å². The van der Waals surface area contributed by atoms with Crippen molar-refractivity contribution >= 4 is 21.6 Å². The minimum absolute atomic E-state index is 0.0188. The molecule has 0 spiro atoms. The van der Waals surface area contributed by atoms with Gasteiger partial charge in [0, 0.05) is 37.6 Å². The van der Waals surface area contributed by atoms with E-state index in [1.54, 1.807) is 4.31 Å². The molecule has 2 heterocycles. The third kappa shape index (κ3) is 3.21. The summed E-state index contributed by atoms with van der Waals surface area (Å²) in [7, 11) is -3.08. The molecule has 96 valence electrons. The van der Waals surface area contributed by atoms with Crippen LogP contribution in [0.5, 0.6) is 0 Å². The summed E-state index contributed by atoms with van der Waals surface area (Å²) in [6, 6.07) is 0.0188. The van der Waals surface area contributed by atoms with Crippen molar-refractivity contribution < 1.29 is 8.42 Å². The van der Waals surface area contributed by atoms with Gasteiger partial charge in [0.25, 0.3) is 0 Å². The van der Waals surface area contributed by atoms with Gasteiger partial charge in [-0.15, -0.1) is 5.10 Å². The normalized spacial score (nSPS) is 24.0. The molecule has 0 unspecified atom stereocenters. The van der Waals surface area contributed by atoms with Crippen LogP contribution >= 0.6 is 11.5 Å². The summed E-state index contributed by atoms with van der Waals surface area (Å²) in [5.41, 5.74) is 0.954. The van der Waals surface area contributed by atoms with Crippen molar-refractivity contribution in [2.24, 2.45) is 0 Å². The molecule has 0 radical (unpaired) electrons. The largest absolute Gasteiger partial charge is 0.295 e. The van der Waals surface area contributed by atoms with E-state index in [9.17, 15) is 8.42 Å². The summed E-state index contributed by atoms with van der Waals surface area (Å²) in [6.45, 7) is 4.72. The summed E-state index contributed by atoms with van der Waals surface area (Å²) >= 11 is 1.34. The number of nitrogens with zero attached hydrogens (tertiary/aromatic N) is 4. The molecular weight excluding hydrogens is 260 g/mol. The Hall–Kier alpha value is -0.570. The van der Waals surface area contributed by atoms with Crippen molar-refractivity contribution in [3.8, 4) is 0 Å². The zero-order valence-electron chi connectivity index (χ0n) is 9.90. The smallest absolute Gasteiger partial charge is 0.211 e. The van der Waals surface area contributed by atoms with Crippen molar-refractivity contribution in [1.82, 2.24) is 18.8 Å². The van der Waals surface area contributed by atoms with Crippen molar-refractivity contribution in [2.45, 2.75) is 19.5 Å². The number of aromatic nitrogens is 2. The highest BCUT2D eigenvalue weighted by Gasteiger charge is 2.29. The maximum Gasteiger partial charge on any atom is 0.211 e. The van der Waals surface area contributed by atoms with Gasteiger partial charge in [-0.05, 0) is 18.5 Å². The van der Waals surface area contributed by atoms with Crippen LogP contribution in [0.15, 0.2) is 5.38 Å². The molecule has 1 aromatic rings. The lowest BCUT2D eigenvalue weighted by Gasteiger charge is -2.37. The van der Waals surface area contributed by atoms with Gasteiger partial charge in [0.05, 0.1) is 11.9 Å². The van der Waals surface area contributed by atoms with Gasteiger partial charge in [0.1, 0.15) is 0 Å². The first-order valence-corrected chi connectivity index (χ1v) is 8.10.